The van der Waals surface area contributed by atoms with Crippen molar-refractivity contribution in [3.05, 3.63) is 22.7 Å². The van der Waals surface area contributed by atoms with Gasteiger partial charge in [-0.15, -0.1) is 0 Å². The molecule has 3 rings (SSSR count). The molecule has 2 saturated heterocycles. The van der Waals surface area contributed by atoms with Crippen LogP contribution in [0.4, 0.5) is 5.82 Å². The molecule has 0 aromatic carbocycles. The van der Waals surface area contributed by atoms with Gasteiger partial charge in [0, 0.05) is 19.3 Å². The Labute approximate surface area is 132 Å². The Kier molecular flexibility index (Phi) is 4.71. The minimum Gasteiger partial charge on any atom is -0.394 e. The molecule has 2 fully saturated rings. The predicted octanol–water partition coefficient (Wildman–Crippen LogP) is -1.39. The number of aliphatic imine (C=N–C) groups is 1. The molecular formula is C14H20N4O5. The molecule has 9 heteroatoms. The largest absolute Gasteiger partial charge is 0.394 e. The van der Waals surface area contributed by atoms with E-state index in [1.54, 1.807) is 6.34 Å². The molecule has 0 bridgehead atoms. The molecule has 1 unspecified atom stereocenters. The Hall–Kier alpha value is -1.81. The van der Waals surface area contributed by atoms with Crippen molar-refractivity contribution in [1.82, 2.24) is 14.5 Å². The van der Waals surface area contributed by atoms with Crippen LogP contribution in [0.2, 0.25) is 0 Å². The van der Waals surface area contributed by atoms with E-state index in [-0.39, 0.29) is 5.82 Å². The van der Waals surface area contributed by atoms with Crippen LogP contribution in [0.1, 0.15) is 19.1 Å². The van der Waals surface area contributed by atoms with Crippen molar-refractivity contribution in [2.24, 2.45) is 4.99 Å². The number of likely N-dealkylation sites (tertiary alicyclic amines) is 1. The quantitative estimate of drug-likeness (QED) is 0.460. The van der Waals surface area contributed by atoms with Gasteiger partial charge in [0.1, 0.15) is 18.3 Å². The molecular weight excluding hydrogens is 304 g/mol. The second kappa shape index (κ2) is 6.75. The Balaban J connectivity index is 1.76. The first kappa shape index (κ1) is 16.1. The lowest BCUT2D eigenvalue weighted by Gasteiger charge is -2.16. The summed E-state index contributed by atoms with van der Waals surface area (Å²) in [6.45, 7) is 1.45. The van der Waals surface area contributed by atoms with Gasteiger partial charge in [-0.05, 0) is 18.9 Å². The first-order valence-electron chi connectivity index (χ1n) is 7.60. The third kappa shape index (κ3) is 3.27. The summed E-state index contributed by atoms with van der Waals surface area (Å²) in [7, 11) is 0. The Bertz CT molecular complexity index is 628. The van der Waals surface area contributed by atoms with Gasteiger partial charge in [-0.25, -0.2) is 9.79 Å². The van der Waals surface area contributed by atoms with E-state index in [4.69, 9.17) is 9.84 Å². The van der Waals surface area contributed by atoms with Gasteiger partial charge in [-0.3, -0.25) is 4.57 Å². The minimum atomic E-state index is -1.31. The van der Waals surface area contributed by atoms with Crippen LogP contribution >= 0.6 is 0 Å². The molecule has 3 N–H and O–H groups in total. The lowest BCUT2D eigenvalue weighted by Crippen LogP contribution is -2.35. The standard InChI is InChI=1S/C14H20N4O5/c19-7-9-11(20)12(21)13(23-9)18-6-3-10(16-14(18)22)15-8-17-4-1-2-5-17/h3,6,8-9,11-13,19-21H,1-2,4-5,7H2/t9-,11+,12?,13-/m1/s1. The molecule has 126 valence electrons. The molecule has 0 spiro atoms. The fourth-order valence-corrected chi connectivity index (χ4v) is 2.78. The number of nitrogens with zero attached hydrogens (tertiary/aromatic N) is 4. The van der Waals surface area contributed by atoms with Crippen LogP contribution in [0.3, 0.4) is 0 Å². The first-order chi connectivity index (χ1) is 11.1. The van der Waals surface area contributed by atoms with E-state index in [0.717, 1.165) is 30.5 Å². The van der Waals surface area contributed by atoms with Gasteiger partial charge in [-0.2, -0.15) is 4.98 Å². The van der Waals surface area contributed by atoms with E-state index in [9.17, 15) is 15.0 Å². The zero-order valence-electron chi connectivity index (χ0n) is 12.5. The van der Waals surface area contributed by atoms with Crippen LogP contribution in [0.5, 0.6) is 0 Å². The van der Waals surface area contributed by atoms with Crippen LogP contribution in [0.15, 0.2) is 22.1 Å². The van der Waals surface area contributed by atoms with E-state index >= 15 is 0 Å². The molecule has 0 saturated carbocycles. The van der Waals surface area contributed by atoms with Crippen LogP contribution < -0.4 is 5.69 Å². The SMILES string of the molecule is O=c1nc(N=CN2CCCC2)ccn1[C@@H]1O[C@H](CO)[C@H](O)C1O. The predicted molar refractivity (Wildman–Crippen MR) is 80.5 cm³/mol. The van der Waals surface area contributed by atoms with Crippen LogP contribution in [-0.4, -0.2) is 74.1 Å². The summed E-state index contributed by atoms with van der Waals surface area (Å²) in [5.41, 5.74) is -0.643. The third-order valence-electron chi connectivity index (χ3n) is 4.10. The normalized spacial score (nSPS) is 31.3. The topological polar surface area (TPSA) is 120 Å². The van der Waals surface area contributed by atoms with E-state index in [0.29, 0.717) is 0 Å². The van der Waals surface area contributed by atoms with Gasteiger partial charge in [0.25, 0.3) is 0 Å². The van der Waals surface area contributed by atoms with Crippen molar-refractivity contribution >= 4 is 12.2 Å². The number of ether oxygens (including phenoxy) is 1. The Morgan fingerprint density at radius 2 is 2.09 bits per heavy atom. The van der Waals surface area contributed by atoms with Crippen LogP contribution in [-0.2, 0) is 4.74 Å². The van der Waals surface area contributed by atoms with Crippen molar-refractivity contribution < 1.29 is 20.1 Å². The minimum absolute atomic E-state index is 0.268. The van der Waals surface area contributed by atoms with Gasteiger partial charge >= 0.3 is 5.69 Å². The monoisotopic (exact) mass is 324 g/mol. The van der Waals surface area contributed by atoms with Crippen LogP contribution in [0.25, 0.3) is 0 Å². The molecule has 4 atom stereocenters. The molecule has 0 radical (unpaired) electrons. The maximum atomic E-state index is 12.1. The van der Waals surface area contributed by atoms with Crippen molar-refractivity contribution in [3.8, 4) is 0 Å². The average molecular weight is 324 g/mol. The number of hydrogen-bond donors (Lipinski definition) is 3. The van der Waals surface area contributed by atoms with Crippen molar-refractivity contribution in [2.45, 2.75) is 37.4 Å². The molecule has 0 amide bonds. The zero-order chi connectivity index (χ0) is 16.4. The lowest BCUT2D eigenvalue weighted by atomic mass is 10.1. The smallest absolute Gasteiger partial charge is 0.351 e. The highest BCUT2D eigenvalue weighted by Gasteiger charge is 2.43. The highest BCUT2D eigenvalue weighted by Crippen LogP contribution is 2.28. The Morgan fingerprint density at radius 1 is 1.35 bits per heavy atom. The van der Waals surface area contributed by atoms with Gasteiger partial charge < -0.3 is 25.0 Å². The Morgan fingerprint density at radius 3 is 2.70 bits per heavy atom. The zero-order valence-corrected chi connectivity index (χ0v) is 12.5. The molecule has 2 aliphatic heterocycles. The average Bonchev–Trinajstić information content (AvgIpc) is 3.16. The highest BCUT2D eigenvalue weighted by molar-refractivity contribution is 5.59. The van der Waals surface area contributed by atoms with E-state index in [1.807, 2.05) is 0 Å². The maximum Gasteiger partial charge on any atom is 0.351 e. The molecule has 2 aliphatic rings. The van der Waals surface area contributed by atoms with Crippen molar-refractivity contribution in [2.75, 3.05) is 19.7 Å². The molecule has 1 aromatic rings. The number of aliphatic hydroxyl groups excluding tert-OH is 3. The summed E-state index contributed by atoms with van der Waals surface area (Å²) in [4.78, 5) is 22.2. The fourth-order valence-electron chi connectivity index (χ4n) is 2.78. The molecule has 1 aromatic heterocycles. The van der Waals surface area contributed by atoms with Crippen molar-refractivity contribution in [3.63, 3.8) is 0 Å². The molecule has 9 nitrogen and oxygen atoms in total. The summed E-state index contributed by atoms with van der Waals surface area (Å²) in [6.07, 6.45) is 0.750. The lowest BCUT2D eigenvalue weighted by molar-refractivity contribution is -0.0549. The fraction of sp³-hybridized carbons (Fsp3) is 0.643. The summed E-state index contributed by atoms with van der Waals surface area (Å²) in [5, 5.41) is 28.8. The molecule has 0 aliphatic carbocycles. The summed E-state index contributed by atoms with van der Waals surface area (Å²) in [6, 6.07) is 1.53. The van der Waals surface area contributed by atoms with Gasteiger partial charge in [0.2, 0.25) is 0 Å². The number of aliphatic hydroxyl groups is 3. The van der Waals surface area contributed by atoms with Crippen LogP contribution in [0, 0.1) is 0 Å². The maximum absolute atomic E-state index is 12.1. The third-order valence-corrected chi connectivity index (χ3v) is 4.10. The second-order valence-electron chi connectivity index (χ2n) is 5.69. The first-order valence-corrected chi connectivity index (χ1v) is 7.60. The molecule has 23 heavy (non-hydrogen) atoms. The summed E-state index contributed by atoms with van der Waals surface area (Å²) in [5.74, 6) is 0.268. The van der Waals surface area contributed by atoms with Gasteiger partial charge in [-0.1, -0.05) is 0 Å². The highest BCUT2D eigenvalue weighted by atomic mass is 16.6. The number of hydrogen-bond acceptors (Lipinski definition) is 7. The van der Waals surface area contributed by atoms with Crippen molar-refractivity contribution in [1.29, 1.82) is 0 Å². The number of rotatable bonds is 4. The van der Waals surface area contributed by atoms with E-state index in [2.05, 4.69) is 14.9 Å². The number of aromatic nitrogens is 2. The van der Waals surface area contributed by atoms with E-state index in [1.165, 1.54) is 12.3 Å². The van der Waals surface area contributed by atoms with Gasteiger partial charge in [0.05, 0.1) is 12.9 Å². The van der Waals surface area contributed by atoms with Gasteiger partial charge in [0.15, 0.2) is 12.0 Å². The molecule has 3 heterocycles. The summed E-state index contributed by atoms with van der Waals surface area (Å²) >= 11 is 0. The summed E-state index contributed by atoms with van der Waals surface area (Å²) < 4.78 is 6.39. The van der Waals surface area contributed by atoms with E-state index < -0.39 is 36.8 Å². The second-order valence-corrected chi connectivity index (χ2v) is 5.69.